The summed E-state index contributed by atoms with van der Waals surface area (Å²) in [6, 6.07) is 5.67. The molecule has 0 aliphatic carbocycles. The monoisotopic (exact) mass is 300 g/mol. The van der Waals surface area contributed by atoms with E-state index in [1.807, 2.05) is 25.1 Å². The molecular weight excluding hydrogens is 284 g/mol. The van der Waals surface area contributed by atoms with Gasteiger partial charge in [-0.3, -0.25) is 4.79 Å². The predicted octanol–water partition coefficient (Wildman–Crippen LogP) is 3.00. The molecule has 0 saturated heterocycles. The largest absolute Gasteiger partial charge is 0.466 e. The summed E-state index contributed by atoms with van der Waals surface area (Å²) in [6.45, 7) is 4.11. The molecule has 1 aromatic rings. The Balaban J connectivity index is 2.81. The van der Waals surface area contributed by atoms with Crippen molar-refractivity contribution in [1.29, 1.82) is 0 Å². The topological polar surface area (TPSA) is 46.5 Å². The van der Waals surface area contributed by atoms with Crippen molar-refractivity contribution in [2.45, 2.75) is 32.8 Å². The highest BCUT2D eigenvalue weighted by Gasteiger charge is 2.16. The fourth-order valence-corrected chi connectivity index (χ4v) is 2.10. The molecule has 1 aromatic carbocycles. The number of esters is 1. The van der Waals surface area contributed by atoms with Crippen LogP contribution >= 0.6 is 15.9 Å². The van der Waals surface area contributed by atoms with Crippen molar-refractivity contribution >= 4 is 21.9 Å². The zero-order valence-electron chi connectivity index (χ0n) is 10.1. The zero-order valence-corrected chi connectivity index (χ0v) is 11.7. The number of halogens is 1. The second kappa shape index (κ2) is 6.77. The van der Waals surface area contributed by atoms with E-state index in [1.54, 1.807) is 6.92 Å². The Labute approximate surface area is 110 Å². The highest BCUT2D eigenvalue weighted by Crippen LogP contribution is 2.25. The number of hydrogen-bond acceptors (Lipinski definition) is 3. The third-order valence-corrected chi connectivity index (χ3v) is 3.00. The van der Waals surface area contributed by atoms with Crippen LogP contribution in [0.5, 0.6) is 0 Å². The molecule has 4 heteroatoms. The van der Waals surface area contributed by atoms with Crippen molar-refractivity contribution in [3.63, 3.8) is 0 Å². The van der Waals surface area contributed by atoms with E-state index in [-0.39, 0.29) is 12.4 Å². The molecule has 94 valence electrons. The lowest BCUT2D eigenvalue weighted by atomic mass is 9.99. The minimum Gasteiger partial charge on any atom is -0.466 e. The van der Waals surface area contributed by atoms with Crippen LogP contribution in [0, 0.1) is 0 Å². The van der Waals surface area contributed by atoms with Gasteiger partial charge in [0.2, 0.25) is 0 Å². The summed E-state index contributed by atoms with van der Waals surface area (Å²) in [5, 5.41) is 10.0. The number of carbonyl (C=O) groups excluding carboxylic acids is 1. The van der Waals surface area contributed by atoms with Crippen LogP contribution in [0.1, 0.15) is 37.5 Å². The molecule has 0 amide bonds. The Kier molecular flexibility index (Phi) is 5.65. The van der Waals surface area contributed by atoms with Crippen LogP contribution < -0.4 is 0 Å². The average Bonchev–Trinajstić information content (AvgIpc) is 2.28. The number of aliphatic hydroxyl groups excluding tert-OH is 1. The highest BCUT2D eigenvalue weighted by atomic mass is 79.9. The van der Waals surface area contributed by atoms with E-state index in [4.69, 9.17) is 4.74 Å². The van der Waals surface area contributed by atoms with Crippen molar-refractivity contribution in [2.75, 3.05) is 6.61 Å². The lowest BCUT2D eigenvalue weighted by Gasteiger charge is -2.14. The molecule has 0 aliphatic rings. The smallest absolute Gasteiger partial charge is 0.308 e. The average molecular weight is 301 g/mol. The highest BCUT2D eigenvalue weighted by molar-refractivity contribution is 9.10. The standard InChI is InChI=1S/C13H17BrO3/c1-3-9-7-10(14)5-6-11(9)12(15)8-13(16)17-4-2/h5-7,12,15H,3-4,8H2,1-2H3. The van der Waals surface area contributed by atoms with Crippen molar-refractivity contribution in [3.8, 4) is 0 Å². The molecule has 0 bridgehead atoms. The molecule has 0 heterocycles. The maximum absolute atomic E-state index is 11.3. The quantitative estimate of drug-likeness (QED) is 0.850. The summed E-state index contributed by atoms with van der Waals surface area (Å²) in [5.41, 5.74) is 1.83. The number of aryl methyl sites for hydroxylation is 1. The van der Waals surface area contributed by atoms with E-state index in [2.05, 4.69) is 15.9 Å². The molecule has 17 heavy (non-hydrogen) atoms. The first kappa shape index (κ1) is 14.2. The van der Waals surface area contributed by atoms with E-state index < -0.39 is 6.10 Å². The van der Waals surface area contributed by atoms with E-state index in [0.717, 1.165) is 22.0 Å². The van der Waals surface area contributed by atoms with Gasteiger partial charge in [0.05, 0.1) is 19.1 Å². The van der Waals surface area contributed by atoms with Gasteiger partial charge in [0.1, 0.15) is 0 Å². The molecule has 0 aliphatic heterocycles. The second-order valence-corrected chi connectivity index (χ2v) is 4.64. The van der Waals surface area contributed by atoms with Gasteiger partial charge in [0.15, 0.2) is 0 Å². The lowest BCUT2D eigenvalue weighted by Crippen LogP contribution is -2.11. The van der Waals surface area contributed by atoms with E-state index in [1.165, 1.54) is 0 Å². The molecule has 1 atom stereocenters. The van der Waals surface area contributed by atoms with Crippen LogP contribution in [0.15, 0.2) is 22.7 Å². The molecule has 0 spiro atoms. The van der Waals surface area contributed by atoms with E-state index in [9.17, 15) is 9.90 Å². The predicted molar refractivity (Wildman–Crippen MR) is 69.7 cm³/mol. The first-order valence-electron chi connectivity index (χ1n) is 5.70. The van der Waals surface area contributed by atoms with Crippen molar-refractivity contribution in [3.05, 3.63) is 33.8 Å². The van der Waals surface area contributed by atoms with Gasteiger partial charge < -0.3 is 9.84 Å². The maximum atomic E-state index is 11.3. The second-order valence-electron chi connectivity index (χ2n) is 3.72. The van der Waals surface area contributed by atoms with Gasteiger partial charge >= 0.3 is 5.97 Å². The van der Waals surface area contributed by atoms with E-state index >= 15 is 0 Å². The van der Waals surface area contributed by atoms with Crippen LogP contribution in [-0.4, -0.2) is 17.7 Å². The Morgan fingerprint density at radius 3 is 2.76 bits per heavy atom. The number of carbonyl (C=O) groups is 1. The molecule has 1 N–H and O–H groups in total. The van der Waals surface area contributed by atoms with E-state index in [0.29, 0.717) is 6.61 Å². The number of hydrogen-bond donors (Lipinski definition) is 1. The van der Waals surface area contributed by atoms with Crippen molar-refractivity contribution in [1.82, 2.24) is 0 Å². The molecular formula is C13H17BrO3. The summed E-state index contributed by atoms with van der Waals surface area (Å²) < 4.78 is 5.80. The van der Waals surface area contributed by atoms with Crippen LogP contribution in [0.25, 0.3) is 0 Å². The van der Waals surface area contributed by atoms with Crippen molar-refractivity contribution in [2.24, 2.45) is 0 Å². The third kappa shape index (κ3) is 4.13. The summed E-state index contributed by atoms with van der Waals surface area (Å²) in [4.78, 5) is 11.3. The lowest BCUT2D eigenvalue weighted by molar-refractivity contribution is -0.145. The maximum Gasteiger partial charge on any atom is 0.308 e. The Morgan fingerprint density at radius 2 is 2.18 bits per heavy atom. The van der Waals surface area contributed by atoms with Crippen LogP contribution in [0.4, 0.5) is 0 Å². The number of ether oxygens (including phenoxy) is 1. The van der Waals surface area contributed by atoms with Crippen molar-refractivity contribution < 1.29 is 14.6 Å². The Morgan fingerprint density at radius 1 is 1.47 bits per heavy atom. The fraction of sp³-hybridized carbons (Fsp3) is 0.462. The van der Waals surface area contributed by atoms with Crippen LogP contribution in [-0.2, 0) is 16.0 Å². The van der Waals surface area contributed by atoms with Gasteiger partial charge in [0, 0.05) is 4.47 Å². The van der Waals surface area contributed by atoms with Gasteiger partial charge in [0.25, 0.3) is 0 Å². The zero-order chi connectivity index (χ0) is 12.8. The SMILES string of the molecule is CCOC(=O)CC(O)c1ccc(Br)cc1CC. The van der Waals surface area contributed by atoms with Gasteiger partial charge in [-0.15, -0.1) is 0 Å². The van der Waals surface area contributed by atoms with Gasteiger partial charge in [-0.05, 0) is 36.6 Å². The summed E-state index contributed by atoms with van der Waals surface area (Å²) in [5.74, 6) is -0.370. The normalized spacial score (nSPS) is 12.2. The Hall–Kier alpha value is -0.870. The van der Waals surface area contributed by atoms with Gasteiger partial charge in [-0.1, -0.05) is 28.9 Å². The van der Waals surface area contributed by atoms with Crippen LogP contribution in [0.2, 0.25) is 0 Å². The summed E-state index contributed by atoms with van der Waals surface area (Å²) >= 11 is 3.39. The first-order valence-corrected chi connectivity index (χ1v) is 6.49. The molecule has 1 unspecified atom stereocenters. The molecule has 0 fully saturated rings. The van der Waals surface area contributed by atoms with Gasteiger partial charge in [-0.2, -0.15) is 0 Å². The fourth-order valence-electron chi connectivity index (χ4n) is 1.69. The molecule has 0 saturated carbocycles. The number of benzene rings is 1. The first-order chi connectivity index (χ1) is 8.08. The minimum absolute atomic E-state index is 0.00245. The molecule has 0 aromatic heterocycles. The summed E-state index contributed by atoms with van der Waals surface area (Å²) in [7, 11) is 0. The minimum atomic E-state index is -0.794. The number of rotatable bonds is 5. The summed E-state index contributed by atoms with van der Waals surface area (Å²) in [6.07, 6.45) is 0.0222. The van der Waals surface area contributed by atoms with Gasteiger partial charge in [-0.25, -0.2) is 0 Å². The Bertz CT molecular complexity index is 390. The molecule has 1 rings (SSSR count). The molecule has 0 radical (unpaired) electrons. The third-order valence-electron chi connectivity index (χ3n) is 2.51. The van der Waals surface area contributed by atoms with Crippen LogP contribution in [0.3, 0.4) is 0 Å². The molecule has 3 nitrogen and oxygen atoms in total. The number of aliphatic hydroxyl groups is 1.